The minimum absolute atomic E-state index is 0.938. The zero-order valence-corrected chi connectivity index (χ0v) is 8.66. The first-order valence-corrected chi connectivity index (χ1v) is 5.28. The van der Waals surface area contributed by atoms with Gasteiger partial charge in [-0.25, -0.2) is 0 Å². The second kappa shape index (κ2) is 3.83. The lowest BCUT2D eigenvalue weighted by atomic mass is 10.2. The molecule has 0 radical (unpaired) electrons. The van der Waals surface area contributed by atoms with Gasteiger partial charge in [-0.1, -0.05) is 15.9 Å². The molecule has 66 valence electrons. The molecule has 0 atom stereocenters. The monoisotopic (exact) mass is 236 g/mol. The van der Waals surface area contributed by atoms with Crippen LogP contribution in [0.25, 0.3) is 10.9 Å². The molecule has 0 fully saturated rings. The molecule has 0 aliphatic heterocycles. The Labute approximate surface area is 85.1 Å². The van der Waals surface area contributed by atoms with Crippen LogP contribution >= 0.6 is 15.9 Å². The van der Waals surface area contributed by atoms with Crippen LogP contribution in [0, 0.1) is 0 Å². The lowest BCUT2D eigenvalue weighted by molar-refractivity contribution is 1.07. The van der Waals surface area contributed by atoms with E-state index in [1.165, 1.54) is 0 Å². The van der Waals surface area contributed by atoms with Crippen molar-refractivity contribution in [2.75, 3.05) is 5.33 Å². The molecule has 0 aliphatic carbocycles. The van der Waals surface area contributed by atoms with E-state index in [0.717, 1.165) is 28.3 Å². The molecule has 0 bridgehead atoms. The summed E-state index contributed by atoms with van der Waals surface area (Å²) in [6.07, 6.45) is 4.57. The third-order valence-electron chi connectivity index (χ3n) is 1.94. The fraction of sp³-hybridized carbons (Fsp3) is 0.200. The SMILES string of the molecule is BrCCc1nccc2ncccc12. The quantitative estimate of drug-likeness (QED) is 0.750. The van der Waals surface area contributed by atoms with Crippen LogP contribution in [-0.2, 0) is 6.42 Å². The summed E-state index contributed by atoms with van der Waals surface area (Å²) in [5, 5.41) is 2.10. The fourth-order valence-electron chi connectivity index (χ4n) is 1.35. The maximum atomic E-state index is 4.33. The molecule has 3 heteroatoms. The van der Waals surface area contributed by atoms with Gasteiger partial charge in [0.2, 0.25) is 0 Å². The van der Waals surface area contributed by atoms with Crippen LogP contribution in [0.5, 0.6) is 0 Å². The van der Waals surface area contributed by atoms with Crippen LogP contribution in [0.15, 0.2) is 30.6 Å². The number of aryl methyl sites for hydroxylation is 1. The predicted octanol–water partition coefficient (Wildman–Crippen LogP) is 2.57. The van der Waals surface area contributed by atoms with Gasteiger partial charge in [0.05, 0.1) is 11.2 Å². The van der Waals surface area contributed by atoms with Crippen LogP contribution < -0.4 is 0 Å². The zero-order chi connectivity index (χ0) is 9.10. The van der Waals surface area contributed by atoms with E-state index in [2.05, 4.69) is 32.0 Å². The number of pyridine rings is 2. The van der Waals surface area contributed by atoms with Crippen LogP contribution in [0.4, 0.5) is 0 Å². The summed E-state index contributed by atoms with van der Waals surface area (Å²) in [6.45, 7) is 0. The number of halogens is 1. The Hall–Kier alpha value is -0.960. The first-order valence-electron chi connectivity index (χ1n) is 4.16. The van der Waals surface area contributed by atoms with Crippen LogP contribution in [0.3, 0.4) is 0 Å². The third kappa shape index (κ3) is 1.70. The summed E-state index contributed by atoms with van der Waals surface area (Å²) < 4.78 is 0. The molecule has 0 saturated carbocycles. The number of alkyl halides is 1. The average molecular weight is 237 g/mol. The van der Waals surface area contributed by atoms with Gasteiger partial charge in [-0.3, -0.25) is 9.97 Å². The third-order valence-corrected chi connectivity index (χ3v) is 2.34. The summed E-state index contributed by atoms with van der Waals surface area (Å²) in [7, 11) is 0. The number of aromatic nitrogens is 2. The Bertz CT molecular complexity index is 409. The van der Waals surface area contributed by atoms with Gasteiger partial charge in [-0.05, 0) is 18.2 Å². The first kappa shape index (κ1) is 8.63. The predicted molar refractivity (Wildman–Crippen MR) is 57.0 cm³/mol. The van der Waals surface area contributed by atoms with Crippen LogP contribution in [0.2, 0.25) is 0 Å². The number of hydrogen-bond donors (Lipinski definition) is 0. The average Bonchev–Trinajstić information content (AvgIpc) is 2.19. The standard InChI is InChI=1S/C10H9BrN2/c11-5-3-9-8-2-1-6-12-10(8)4-7-13-9/h1-2,4,6-7H,3,5H2. The van der Waals surface area contributed by atoms with E-state index in [0.29, 0.717) is 0 Å². The smallest absolute Gasteiger partial charge is 0.0735 e. The van der Waals surface area contributed by atoms with E-state index in [9.17, 15) is 0 Å². The molecule has 0 spiro atoms. The number of rotatable bonds is 2. The summed E-state index contributed by atoms with van der Waals surface area (Å²) in [6, 6.07) is 5.95. The number of hydrogen-bond acceptors (Lipinski definition) is 2. The molecule has 0 saturated heterocycles. The van der Waals surface area contributed by atoms with Crippen molar-refractivity contribution < 1.29 is 0 Å². The van der Waals surface area contributed by atoms with Crippen molar-refractivity contribution in [2.45, 2.75) is 6.42 Å². The largest absolute Gasteiger partial charge is 0.260 e. The number of fused-ring (bicyclic) bond motifs is 1. The zero-order valence-electron chi connectivity index (χ0n) is 7.07. The van der Waals surface area contributed by atoms with E-state index in [4.69, 9.17) is 0 Å². The summed E-state index contributed by atoms with van der Waals surface area (Å²) in [4.78, 5) is 8.60. The molecule has 2 nitrogen and oxygen atoms in total. The Morgan fingerprint density at radius 2 is 2.08 bits per heavy atom. The van der Waals surface area contributed by atoms with Crippen molar-refractivity contribution in [3.63, 3.8) is 0 Å². The van der Waals surface area contributed by atoms with Gasteiger partial charge in [-0.15, -0.1) is 0 Å². The minimum Gasteiger partial charge on any atom is -0.260 e. The maximum absolute atomic E-state index is 4.33. The van der Waals surface area contributed by atoms with Gasteiger partial charge >= 0.3 is 0 Å². The Balaban J connectivity index is 2.61. The summed E-state index contributed by atoms with van der Waals surface area (Å²) in [5.74, 6) is 0. The van der Waals surface area contributed by atoms with Crippen molar-refractivity contribution in [1.82, 2.24) is 9.97 Å². The van der Waals surface area contributed by atoms with E-state index in [1.54, 1.807) is 6.20 Å². The molecule has 0 aromatic carbocycles. The highest BCUT2D eigenvalue weighted by atomic mass is 79.9. The molecule has 2 heterocycles. The van der Waals surface area contributed by atoms with E-state index in [1.807, 2.05) is 18.3 Å². The van der Waals surface area contributed by atoms with Crippen molar-refractivity contribution >= 4 is 26.8 Å². The lowest BCUT2D eigenvalue weighted by Crippen LogP contribution is -1.92. The molecular weight excluding hydrogens is 228 g/mol. The lowest BCUT2D eigenvalue weighted by Gasteiger charge is -2.01. The van der Waals surface area contributed by atoms with Gasteiger partial charge in [0.1, 0.15) is 0 Å². The van der Waals surface area contributed by atoms with Crippen molar-refractivity contribution in [3.8, 4) is 0 Å². The van der Waals surface area contributed by atoms with Crippen molar-refractivity contribution in [2.24, 2.45) is 0 Å². The molecule has 0 N–H and O–H groups in total. The Kier molecular flexibility index (Phi) is 2.54. The van der Waals surface area contributed by atoms with Gasteiger partial charge in [0, 0.05) is 29.5 Å². The second-order valence-electron chi connectivity index (χ2n) is 2.77. The highest BCUT2D eigenvalue weighted by Gasteiger charge is 2.00. The van der Waals surface area contributed by atoms with E-state index in [-0.39, 0.29) is 0 Å². The fourth-order valence-corrected chi connectivity index (χ4v) is 1.73. The summed E-state index contributed by atoms with van der Waals surface area (Å²) in [5.41, 5.74) is 2.14. The molecule has 0 aliphatic rings. The normalized spacial score (nSPS) is 10.5. The Morgan fingerprint density at radius 3 is 2.92 bits per heavy atom. The topological polar surface area (TPSA) is 25.8 Å². The number of nitrogens with zero attached hydrogens (tertiary/aromatic N) is 2. The molecule has 2 aromatic rings. The van der Waals surface area contributed by atoms with Crippen LogP contribution in [0.1, 0.15) is 5.69 Å². The summed E-state index contributed by atoms with van der Waals surface area (Å²) >= 11 is 3.41. The molecule has 2 rings (SSSR count). The maximum Gasteiger partial charge on any atom is 0.0735 e. The van der Waals surface area contributed by atoms with Crippen LogP contribution in [-0.4, -0.2) is 15.3 Å². The highest BCUT2D eigenvalue weighted by Crippen LogP contribution is 2.14. The van der Waals surface area contributed by atoms with E-state index >= 15 is 0 Å². The Morgan fingerprint density at radius 1 is 1.15 bits per heavy atom. The minimum atomic E-state index is 0.938. The van der Waals surface area contributed by atoms with Crippen molar-refractivity contribution in [3.05, 3.63) is 36.3 Å². The first-order chi connectivity index (χ1) is 6.42. The van der Waals surface area contributed by atoms with Gasteiger partial charge in [0.25, 0.3) is 0 Å². The van der Waals surface area contributed by atoms with Gasteiger partial charge < -0.3 is 0 Å². The highest BCUT2D eigenvalue weighted by molar-refractivity contribution is 9.09. The molecule has 2 aromatic heterocycles. The second-order valence-corrected chi connectivity index (χ2v) is 3.56. The van der Waals surface area contributed by atoms with Crippen molar-refractivity contribution in [1.29, 1.82) is 0 Å². The van der Waals surface area contributed by atoms with E-state index < -0.39 is 0 Å². The molecule has 0 amide bonds. The molecular formula is C10H9BrN2. The molecule has 13 heavy (non-hydrogen) atoms. The van der Waals surface area contributed by atoms with Gasteiger partial charge in [0.15, 0.2) is 0 Å². The van der Waals surface area contributed by atoms with Gasteiger partial charge in [-0.2, -0.15) is 0 Å². The molecule has 0 unspecified atom stereocenters.